The molecule has 0 saturated carbocycles. The standard InChI is InChI=1S/C16H22F3NO8/c1-8(21)25-6-12-5-13(27-10(3)23)14(28-11(4)24)15(20-12,16(17,18)19)7-26-9(2)22/h12-14,20H,5-7H2,1-4H3/t12-,13+,14+,15+/m0/s1. The number of carbonyl (C=O) groups is 4. The van der Waals surface area contributed by atoms with Crippen LogP contribution in [0.4, 0.5) is 13.2 Å². The summed E-state index contributed by atoms with van der Waals surface area (Å²) >= 11 is 0. The Morgan fingerprint density at radius 1 is 0.929 bits per heavy atom. The fourth-order valence-electron chi connectivity index (χ4n) is 2.90. The molecule has 0 aromatic heterocycles. The van der Waals surface area contributed by atoms with Crippen LogP contribution in [0.1, 0.15) is 34.1 Å². The minimum absolute atomic E-state index is 0.247. The van der Waals surface area contributed by atoms with Crippen molar-refractivity contribution in [2.45, 2.75) is 64.1 Å². The lowest BCUT2D eigenvalue weighted by Gasteiger charge is -2.49. The summed E-state index contributed by atoms with van der Waals surface area (Å²) in [7, 11) is 0. The van der Waals surface area contributed by atoms with Crippen LogP contribution in [0.3, 0.4) is 0 Å². The highest BCUT2D eigenvalue weighted by Gasteiger charge is 2.67. The molecule has 0 bridgehead atoms. The molecule has 0 amide bonds. The number of nitrogens with one attached hydrogen (secondary N) is 1. The van der Waals surface area contributed by atoms with E-state index in [1.165, 1.54) is 0 Å². The summed E-state index contributed by atoms with van der Waals surface area (Å²) in [5, 5.41) is 2.23. The lowest BCUT2D eigenvalue weighted by atomic mass is 9.80. The Morgan fingerprint density at radius 2 is 1.46 bits per heavy atom. The molecule has 1 aliphatic heterocycles. The van der Waals surface area contributed by atoms with Gasteiger partial charge in [0.15, 0.2) is 11.6 Å². The van der Waals surface area contributed by atoms with Crippen LogP contribution in [-0.4, -0.2) is 67.1 Å². The van der Waals surface area contributed by atoms with Crippen LogP contribution in [0, 0.1) is 0 Å². The minimum atomic E-state index is -5.10. The van der Waals surface area contributed by atoms with Crippen LogP contribution in [-0.2, 0) is 38.1 Å². The van der Waals surface area contributed by atoms with Gasteiger partial charge in [-0.15, -0.1) is 0 Å². The van der Waals surface area contributed by atoms with E-state index >= 15 is 0 Å². The van der Waals surface area contributed by atoms with E-state index in [-0.39, 0.29) is 6.42 Å². The lowest BCUT2D eigenvalue weighted by Crippen LogP contribution is -2.76. The largest absolute Gasteiger partial charge is 0.464 e. The van der Waals surface area contributed by atoms with E-state index in [9.17, 15) is 32.3 Å². The van der Waals surface area contributed by atoms with Crippen molar-refractivity contribution < 1.29 is 51.3 Å². The number of ether oxygens (including phenoxy) is 4. The third kappa shape index (κ3) is 6.08. The number of hydrogen-bond acceptors (Lipinski definition) is 9. The minimum Gasteiger partial charge on any atom is -0.464 e. The molecule has 1 N–H and O–H groups in total. The molecular formula is C16H22F3NO8. The third-order valence-electron chi connectivity index (χ3n) is 3.91. The Labute approximate surface area is 158 Å². The van der Waals surface area contributed by atoms with Gasteiger partial charge in [-0.2, -0.15) is 13.2 Å². The number of esters is 4. The van der Waals surface area contributed by atoms with Crippen LogP contribution >= 0.6 is 0 Å². The Morgan fingerprint density at radius 3 is 1.89 bits per heavy atom. The van der Waals surface area contributed by atoms with Crippen LogP contribution in [0.5, 0.6) is 0 Å². The van der Waals surface area contributed by atoms with Gasteiger partial charge in [-0.25, -0.2) is 0 Å². The molecule has 0 aromatic carbocycles. The maximum absolute atomic E-state index is 14.1. The first-order chi connectivity index (χ1) is 12.8. The van der Waals surface area contributed by atoms with Crippen molar-refractivity contribution >= 4 is 23.9 Å². The van der Waals surface area contributed by atoms with Gasteiger partial charge in [0.05, 0.1) is 0 Å². The van der Waals surface area contributed by atoms with Crippen molar-refractivity contribution in [3.63, 3.8) is 0 Å². The molecule has 9 nitrogen and oxygen atoms in total. The Hall–Kier alpha value is -2.37. The summed E-state index contributed by atoms with van der Waals surface area (Å²) in [5.74, 6) is -3.69. The maximum Gasteiger partial charge on any atom is 0.413 e. The van der Waals surface area contributed by atoms with Crippen molar-refractivity contribution in [2.24, 2.45) is 0 Å². The number of piperidine rings is 1. The van der Waals surface area contributed by atoms with Crippen LogP contribution in [0.25, 0.3) is 0 Å². The van der Waals surface area contributed by atoms with Crippen LogP contribution < -0.4 is 5.32 Å². The van der Waals surface area contributed by atoms with E-state index < -0.39 is 67.1 Å². The highest BCUT2D eigenvalue weighted by molar-refractivity contribution is 5.68. The van der Waals surface area contributed by atoms with Gasteiger partial charge < -0.3 is 18.9 Å². The Balaban J connectivity index is 3.42. The molecule has 160 valence electrons. The van der Waals surface area contributed by atoms with E-state index in [2.05, 4.69) is 10.1 Å². The summed E-state index contributed by atoms with van der Waals surface area (Å²) < 4.78 is 61.6. The number of alkyl halides is 3. The van der Waals surface area contributed by atoms with Gasteiger partial charge in [0.1, 0.15) is 19.3 Å². The van der Waals surface area contributed by atoms with Gasteiger partial charge in [0, 0.05) is 40.2 Å². The summed E-state index contributed by atoms with van der Waals surface area (Å²) in [6.45, 7) is 2.13. The summed E-state index contributed by atoms with van der Waals surface area (Å²) in [4.78, 5) is 45.1. The topological polar surface area (TPSA) is 117 Å². The average molecular weight is 413 g/mol. The van der Waals surface area contributed by atoms with Gasteiger partial charge in [0.2, 0.25) is 0 Å². The van der Waals surface area contributed by atoms with Crippen molar-refractivity contribution in [1.82, 2.24) is 5.32 Å². The molecule has 1 heterocycles. The first-order valence-electron chi connectivity index (χ1n) is 8.24. The van der Waals surface area contributed by atoms with Crippen LogP contribution in [0.15, 0.2) is 0 Å². The van der Waals surface area contributed by atoms with Gasteiger partial charge in [-0.1, -0.05) is 0 Å². The highest BCUT2D eigenvalue weighted by Crippen LogP contribution is 2.41. The van der Waals surface area contributed by atoms with Crippen molar-refractivity contribution in [1.29, 1.82) is 0 Å². The fourth-order valence-corrected chi connectivity index (χ4v) is 2.90. The van der Waals surface area contributed by atoms with E-state index in [0.717, 1.165) is 27.7 Å². The SMILES string of the molecule is CC(=O)OC[C@@H]1C[C@@H](OC(C)=O)[C@@H](OC(C)=O)[C@](COC(C)=O)(C(F)(F)F)N1. The van der Waals surface area contributed by atoms with Gasteiger partial charge in [0.25, 0.3) is 0 Å². The fraction of sp³-hybridized carbons (Fsp3) is 0.750. The lowest BCUT2D eigenvalue weighted by molar-refractivity contribution is -0.268. The van der Waals surface area contributed by atoms with E-state index in [1.807, 2.05) is 0 Å². The van der Waals surface area contributed by atoms with Gasteiger partial charge in [-0.3, -0.25) is 24.5 Å². The molecular weight excluding hydrogens is 391 g/mol. The average Bonchev–Trinajstić information content (AvgIpc) is 2.51. The summed E-state index contributed by atoms with van der Waals surface area (Å²) in [6.07, 6.45) is -8.92. The van der Waals surface area contributed by atoms with Crippen molar-refractivity contribution in [3.05, 3.63) is 0 Å². The monoisotopic (exact) mass is 413 g/mol. The molecule has 1 aliphatic rings. The molecule has 12 heteroatoms. The Kier molecular flexibility index (Phi) is 7.79. The van der Waals surface area contributed by atoms with E-state index in [0.29, 0.717) is 0 Å². The molecule has 1 fully saturated rings. The molecule has 1 saturated heterocycles. The predicted octanol–water partition coefficient (Wildman–Crippen LogP) is 0.639. The highest BCUT2D eigenvalue weighted by atomic mass is 19.4. The second-order valence-electron chi connectivity index (χ2n) is 6.31. The molecule has 0 radical (unpaired) electrons. The summed E-state index contributed by atoms with van der Waals surface area (Å²) in [5.41, 5.74) is -3.09. The second kappa shape index (κ2) is 9.22. The van der Waals surface area contributed by atoms with Crippen molar-refractivity contribution in [2.75, 3.05) is 13.2 Å². The third-order valence-corrected chi connectivity index (χ3v) is 3.91. The maximum atomic E-state index is 14.1. The molecule has 4 atom stereocenters. The number of halogens is 3. The second-order valence-corrected chi connectivity index (χ2v) is 6.31. The zero-order valence-corrected chi connectivity index (χ0v) is 15.8. The van der Waals surface area contributed by atoms with Gasteiger partial charge in [-0.05, 0) is 0 Å². The van der Waals surface area contributed by atoms with Gasteiger partial charge >= 0.3 is 30.1 Å². The number of carbonyl (C=O) groups excluding carboxylic acids is 4. The molecule has 0 aliphatic carbocycles. The first kappa shape index (κ1) is 23.7. The zero-order valence-electron chi connectivity index (χ0n) is 15.8. The molecule has 0 unspecified atom stereocenters. The van der Waals surface area contributed by atoms with Crippen molar-refractivity contribution in [3.8, 4) is 0 Å². The summed E-state index contributed by atoms with van der Waals surface area (Å²) in [6, 6.07) is -1.13. The van der Waals surface area contributed by atoms with E-state index in [4.69, 9.17) is 14.2 Å². The van der Waals surface area contributed by atoms with E-state index in [1.54, 1.807) is 0 Å². The first-order valence-corrected chi connectivity index (χ1v) is 8.24. The number of rotatable bonds is 6. The zero-order chi connectivity index (χ0) is 21.7. The molecule has 0 aromatic rings. The van der Waals surface area contributed by atoms with Crippen LogP contribution in [0.2, 0.25) is 0 Å². The number of hydrogen-bond donors (Lipinski definition) is 1. The molecule has 1 rings (SSSR count). The predicted molar refractivity (Wildman–Crippen MR) is 84.7 cm³/mol. The quantitative estimate of drug-likeness (QED) is 0.494. The smallest absolute Gasteiger partial charge is 0.413 e. The molecule has 28 heavy (non-hydrogen) atoms. The normalized spacial score (nSPS) is 27.5. The molecule has 0 spiro atoms. The Bertz CT molecular complexity index is 624.